The van der Waals surface area contributed by atoms with E-state index in [-0.39, 0.29) is 17.9 Å². The van der Waals surface area contributed by atoms with Crippen LogP contribution in [0.25, 0.3) is 0 Å². The Labute approximate surface area is 101 Å². The van der Waals surface area contributed by atoms with Crippen LogP contribution in [0.2, 0.25) is 0 Å². The van der Waals surface area contributed by atoms with Gasteiger partial charge in [-0.25, -0.2) is 4.79 Å². The van der Waals surface area contributed by atoms with Gasteiger partial charge in [-0.15, -0.1) is 0 Å². The maximum absolute atomic E-state index is 11.7. The minimum absolute atomic E-state index is 0.0375. The van der Waals surface area contributed by atoms with Crippen molar-refractivity contribution >= 4 is 11.8 Å². The number of benzene rings is 1. The van der Waals surface area contributed by atoms with Crippen molar-refractivity contribution in [3.63, 3.8) is 0 Å². The SMILES string of the molecule is CC(C)NC(=O)NCCC(=O)c1ccccc1. The number of rotatable bonds is 5. The molecule has 17 heavy (non-hydrogen) atoms. The highest BCUT2D eigenvalue weighted by Crippen LogP contribution is 2.01. The molecule has 0 fully saturated rings. The Morgan fingerprint density at radius 3 is 2.41 bits per heavy atom. The molecule has 0 unspecified atom stereocenters. The number of ketones is 1. The van der Waals surface area contributed by atoms with Crippen LogP contribution in [0.15, 0.2) is 30.3 Å². The third-order valence-corrected chi connectivity index (χ3v) is 2.15. The summed E-state index contributed by atoms with van der Waals surface area (Å²) in [7, 11) is 0. The number of urea groups is 1. The lowest BCUT2D eigenvalue weighted by Crippen LogP contribution is -2.40. The molecule has 92 valence electrons. The average Bonchev–Trinajstić information content (AvgIpc) is 2.29. The molecule has 0 spiro atoms. The van der Waals surface area contributed by atoms with Crippen LogP contribution in [-0.4, -0.2) is 24.4 Å². The topological polar surface area (TPSA) is 58.2 Å². The minimum atomic E-state index is -0.235. The molecule has 0 aliphatic heterocycles. The van der Waals surface area contributed by atoms with E-state index in [1.807, 2.05) is 32.0 Å². The highest BCUT2D eigenvalue weighted by atomic mass is 16.2. The summed E-state index contributed by atoms with van der Waals surface area (Å²) in [4.78, 5) is 22.9. The summed E-state index contributed by atoms with van der Waals surface area (Å²) in [5.74, 6) is 0.0375. The number of nitrogens with one attached hydrogen (secondary N) is 2. The number of amides is 2. The van der Waals surface area contributed by atoms with Gasteiger partial charge in [-0.05, 0) is 13.8 Å². The maximum Gasteiger partial charge on any atom is 0.314 e. The first-order valence-corrected chi connectivity index (χ1v) is 5.72. The van der Waals surface area contributed by atoms with Crippen LogP contribution >= 0.6 is 0 Å². The van der Waals surface area contributed by atoms with Gasteiger partial charge in [0, 0.05) is 24.6 Å². The van der Waals surface area contributed by atoms with Crippen LogP contribution in [0.5, 0.6) is 0 Å². The molecule has 0 heterocycles. The van der Waals surface area contributed by atoms with Crippen LogP contribution in [0, 0.1) is 0 Å². The van der Waals surface area contributed by atoms with Gasteiger partial charge in [-0.3, -0.25) is 4.79 Å². The fraction of sp³-hybridized carbons (Fsp3) is 0.385. The lowest BCUT2D eigenvalue weighted by atomic mass is 10.1. The number of hydrogen-bond acceptors (Lipinski definition) is 2. The molecule has 1 aromatic carbocycles. The van der Waals surface area contributed by atoms with Crippen molar-refractivity contribution in [2.24, 2.45) is 0 Å². The maximum atomic E-state index is 11.7. The van der Waals surface area contributed by atoms with Gasteiger partial charge in [-0.2, -0.15) is 0 Å². The number of carbonyl (C=O) groups is 2. The van der Waals surface area contributed by atoms with Crippen molar-refractivity contribution in [3.05, 3.63) is 35.9 Å². The fourth-order valence-electron chi connectivity index (χ4n) is 1.37. The van der Waals surface area contributed by atoms with E-state index in [4.69, 9.17) is 0 Å². The molecule has 4 heteroatoms. The summed E-state index contributed by atoms with van der Waals surface area (Å²) >= 11 is 0. The van der Waals surface area contributed by atoms with E-state index >= 15 is 0 Å². The van der Waals surface area contributed by atoms with E-state index in [0.29, 0.717) is 18.5 Å². The minimum Gasteiger partial charge on any atom is -0.338 e. The van der Waals surface area contributed by atoms with Crippen molar-refractivity contribution < 1.29 is 9.59 Å². The monoisotopic (exact) mass is 234 g/mol. The first kappa shape index (κ1) is 13.2. The third kappa shape index (κ3) is 5.15. The van der Waals surface area contributed by atoms with Crippen molar-refractivity contribution in [2.75, 3.05) is 6.54 Å². The molecular weight excluding hydrogens is 216 g/mol. The Bertz CT molecular complexity index is 374. The molecule has 1 aromatic rings. The normalized spacial score (nSPS) is 10.1. The Balaban J connectivity index is 2.28. The lowest BCUT2D eigenvalue weighted by Gasteiger charge is -2.09. The summed E-state index contributed by atoms with van der Waals surface area (Å²) in [5, 5.41) is 5.34. The summed E-state index contributed by atoms with van der Waals surface area (Å²) in [5.41, 5.74) is 0.679. The van der Waals surface area contributed by atoms with Gasteiger partial charge in [-0.1, -0.05) is 30.3 Å². The van der Waals surface area contributed by atoms with Crippen LogP contribution < -0.4 is 10.6 Å². The van der Waals surface area contributed by atoms with Crippen molar-refractivity contribution in [2.45, 2.75) is 26.3 Å². The predicted octanol–water partition coefficient (Wildman–Crippen LogP) is 1.97. The highest BCUT2D eigenvalue weighted by Gasteiger charge is 2.06. The van der Waals surface area contributed by atoms with Crippen LogP contribution in [0.1, 0.15) is 30.6 Å². The van der Waals surface area contributed by atoms with E-state index in [9.17, 15) is 9.59 Å². The van der Waals surface area contributed by atoms with Gasteiger partial charge in [0.1, 0.15) is 0 Å². The van der Waals surface area contributed by atoms with Crippen molar-refractivity contribution in [3.8, 4) is 0 Å². The van der Waals surface area contributed by atoms with E-state index in [2.05, 4.69) is 10.6 Å². The Hall–Kier alpha value is -1.84. The largest absolute Gasteiger partial charge is 0.338 e. The second-order valence-corrected chi connectivity index (χ2v) is 4.09. The zero-order valence-electron chi connectivity index (χ0n) is 10.2. The Kier molecular flexibility index (Phi) is 5.20. The molecule has 0 atom stereocenters. The molecule has 0 saturated carbocycles. The van der Waals surface area contributed by atoms with Gasteiger partial charge in [0.15, 0.2) is 5.78 Å². The standard InChI is InChI=1S/C13H18N2O2/c1-10(2)15-13(17)14-9-8-12(16)11-6-4-3-5-7-11/h3-7,10H,8-9H2,1-2H3,(H2,14,15,17). The number of Topliss-reactive ketones (excluding diaryl/α,β-unsaturated/α-hetero) is 1. The molecule has 0 aliphatic rings. The zero-order chi connectivity index (χ0) is 12.7. The molecule has 0 radical (unpaired) electrons. The second-order valence-electron chi connectivity index (χ2n) is 4.09. The average molecular weight is 234 g/mol. The Morgan fingerprint density at radius 1 is 1.18 bits per heavy atom. The van der Waals surface area contributed by atoms with E-state index < -0.39 is 0 Å². The van der Waals surface area contributed by atoms with Crippen LogP contribution in [-0.2, 0) is 0 Å². The van der Waals surface area contributed by atoms with Gasteiger partial charge >= 0.3 is 6.03 Å². The number of hydrogen-bond donors (Lipinski definition) is 2. The van der Waals surface area contributed by atoms with E-state index in [0.717, 1.165) is 0 Å². The van der Waals surface area contributed by atoms with Gasteiger partial charge in [0.05, 0.1) is 0 Å². The summed E-state index contributed by atoms with van der Waals surface area (Å²) in [6.07, 6.45) is 0.315. The van der Waals surface area contributed by atoms with Crippen molar-refractivity contribution in [1.29, 1.82) is 0 Å². The molecule has 1 rings (SSSR count). The molecule has 0 aromatic heterocycles. The molecule has 2 amide bonds. The van der Waals surface area contributed by atoms with E-state index in [1.54, 1.807) is 12.1 Å². The molecular formula is C13H18N2O2. The number of carbonyl (C=O) groups excluding carboxylic acids is 2. The lowest BCUT2D eigenvalue weighted by molar-refractivity contribution is 0.0983. The van der Waals surface area contributed by atoms with Gasteiger partial charge < -0.3 is 10.6 Å². The predicted molar refractivity (Wildman–Crippen MR) is 67.1 cm³/mol. The summed E-state index contributed by atoms with van der Waals surface area (Å²) in [6.45, 7) is 4.12. The summed E-state index contributed by atoms with van der Waals surface area (Å²) < 4.78 is 0. The van der Waals surface area contributed by atoms with Crippen LogP contribution in [0.3, 0.4) is 0 Å². The second kappa shape index (κ2) is 6.68. The first-order valence-electron chi connectivity index (χ1n) is 5.72. The van der Waals surface area contributed by atoms with Gasteiger partial charge in [0.2, 0.25) is 0 Å². The Morgan fingerprint density at radius 2 is 1.82 bits per heavy atom. The quantitative estimate of drug-likeness (QED) is 0.765. The van der Waals surface area contributed by atoms with Crippen LogP contribution in [0.4, 0.5) is 4.79 Å². The molecule has 0 saturated heterocycles. The highest BCUT2D eigenvalue weighted by molar-refractivity contribution is 5.96. The smallest absolute Gasteiger partial charge is 0.314 e. The van der Waals surface area contributed by atoms with E-state index in [1.165, 1.54) is 0 Å². The van der Waals surface area contributed by atoms with Crippen molar-refractivity contribution in [1.82, 2.24) is 10.6 Å². The fourth-order valence-corrected chi connectivity index (χ4v) is 1.37. The molecule has 2 N–H and O–H groups in total. The first-order chi connectivity index (χ1) is 8.09. The molecule has 0 aliphatic carbocycles. The van der Waals surface area contributed by atoms with Gasteiger partial charge in [0.25, 0.3) is 0 Å². The molecule has 0 bridgehead atoms. The third-order valence-electron chi connectivity index (χ3n) is 2.15. The zero-order valence-corrected chi connectivity index (χ0v) is 10.2. The molecule has 4 nitrogen and oxygen atoms in total. The summed E-state index contributed by atoms with van der Waals surface area (Å²) in [6, 6.07) is 8.93.